The van der Waals surface area contributed by atoms with Crippen molar-refractivity contribution in [2.75, 3.05) is 40.0 Å². The van der Waals surface area contributed by atoms with Crippen molar-refractivity contribution in [2.45, 2.75) is 19.9 Å². The number of rotatable bonds is 5. The van der Waals surface area contributed by atoms with E-state index < -0.39 is 5.95 Å². The molecular formula is C20H24FN3O2. The zero-order valence-corrected chi connectivity index (χ0v) is 15.3. The van der Waals surface area contributed by atoms with Crippen molar-refractivity contribution >= 4 is 21.8 Å². The van der Waals surface area contributed by atoms with Crippen LogP contribution in [0, 0.1) is 12.9 Å². The van der Waals surface area contributed by atoms with Gasteiger partial charge in [-0.15, -0.1) is 0 Å². The predicted octanol–water partition coefficient (Wildman–Crippen LogP) is 3.37. The number of nitrogens with zero attached hydrogens (tertiary/aromatic N) is 3. The first-order chi connectivity index (χ1) is 12.7. The minimum atomic E-state index is -0.432. The summed E-state index contributed by atoms with van der Waals surface area (Å²) < 4.78 is 27.0. The fraction of sp³-hybridized carbons (Fsp3) is 0.450. The average Bonchev–Trinajstić information content (AvgIpc) is 2.96. The number of hydrogen-bond donors (Lipinski definition) is 0. The van der Waals surface area contributed by atoms with E-state index in [1.54, 1.807) is 7.11 Å². The van der Waals surface area contributed by atoms with Gasteiger partial charge in [-0.25, -0.2) is 4.98 Å². The highest BCUT2D eigenvalue weighted by Crippen LogP contribution is 2.33. The number of halogens is 1. The monoisotopic (exact) mass is 357 g/mol. The van der Waals surface area contributed by atoms with E-state index in [9.17, 15) is 4.39 Å². The largest absolute Gasteiger partial charge is 0.497 e. The van der Waals surface area contributed by atoms with Crippen molar-refractivity contribution < 1.29 is 13.9 Å². The molecule has 0 amide bonds. The zero-order valence-electron chi connectivity index (χ0n) is 15.3. The first kappa shape index (κ1) is 17.2. The fourth-order valence-electron chi connectivity index (χ4n) is 3.89. The number of aromatic nitrogens is 2. The van der Waals surface area contributed by atoms with E-state index in [-0.39, 0.29) is 0 Å². The summed E-state index contributed by atoms with van der Waals surface area (Å²) in [6, 6.07) is 7.50. The summed E-state index contributed by atoms with van der Waals surface area (Å²) in [7, 11) is 1.67. The Morgan fingerprint density at radius 2 is 1.96 bits per heavy atom. The molecule has 0 saturated carbocycles. The van der Waals surface area contributed by atoms with Crippen LogP contribution in [0.15, 0.2) is 24.3 Å². The van der Waals surface area contributed by atoms with Crippen LogP contribution in [0.4, 0.5) is 4.39 Å². The lowest BCUT2D eigenvalue weighted by Crippen LogP contribution is -2.37. The normalized spacial score (nSPS) is 15.8. The van der Waals surface area contributed by atoms with Crippen molar-refractivity contribution in [3.05, 3.63) is 35.9 Å². The van der Waals surface area contributed by atoms with Gasteiger partial charge in [0.2, 0.25) is 5.95 Å². The van der Waals surface area contributed by atoms with E-state index >= 15 is 0 Å². The van der Waals surface area contributed by atoms with Crippen molar-refractivity contribution in [1.29, 1.82) is 0 Å². The number of pyridine rings is 1. The molecule has 3 aromatic rings. The Hall–Kier alpha value is -2.18. The number of hydrogen-bond acceptors (Lipinski definition) is 4. The lowest BCUT2D eigenvalue weighted by molar-refractivity contribution is 0.0370. The van der Waals surface area contributed by atoms with Crippen molar-refractivity contribution in [3.8, 4) is 5.75 Å². The second kappa shape index (κ2) is 7.21. The minimum absolute atomic E-state index is 0.432. The highest BCUT2D eigenvalue weighted by atomic mass is 19.1. The summed E-state index contributed by atoms with van der Waals surface area (Å²) in [5.41, 5.74) is 2.80. The molecule has 2 aromatic heterocycles. The molecular weight excluding hydrogens is 333 g/mol. The second-order valence-electron chi connectivity index (χ2n) is 6.77. The van der Waals surface area contributed by atoms with Gasteiger partial charge in [-0.3, -0.25) is 4.90 Å². The van der Waals surface area contributed by atoms with Gasteiger partial charge in [0.25, 0.3) is 0 Å². The first-order valence-electron chi connectivity index (χ1n) is 9.10. The van der Waals surface area contributed by atoms with Gasteiger partial charge < -0.3 is 14.0 Å². The van der Waals surface area contributed by atoms with Crippen LogP contribution in [-0.4, -0.2) is 54.4 Å². The Labute approximate surface area is 152 Å². The lowest BCUT2D eigenvalue weighted by Gasteiger charge is -2.26. The molecule has 6 heteroatoms. The molecule has 138 valence electrons. The van der Waals surface area contributed by atoms with E-state index in [1.165, 1.54) is 6.07 Å². The Morgan fingerprint density at radius 3 is 2.73 bits per heavy atom. The summed E-state index contributed by atoms with van der Waals surface area (Å²) in [4.78, 5) is 6.49. The topological polar surface area (TPSA) is 39.5 Å². The van der Waals surface area contributed by atoms with Crippen molar-refractivity contribution in [3.63, 3.8) is 0 Å². The predicted molar refractivity (Wildman–Crippen MR) is 100 cm³/mol. The van der Waals surface area contributed by atoms with Crippen LogP contribution in [0.1, 0.15) is 12.1 Å². The summed E-state index contributed by atoms with van der Waals surface area (Å²) in [6.45, 7) is 7.38. The highest BCUT2D eigenvalue weighted by Gasteiger charge is 2.16. The number of ether oxygens (including phenoxy) is 2. The maximum absolute atomic E-state index is 13.9. The smallest absolute Gasteiger partial charge is 0.213 e. The van der Waals surface area contributed by atoms with E-state index in [0.29, 0.717) is 0 Å². The molecule has 1 aliphatic heterocycles. The Kier molecular flexibility index (Phi) is 4.78. The van der Waals surface area contributed by atoms with Crippen molar-refractivity contribution in [2.24, 2.45) is 0 Å². The van der Waals surface area contributed by atoms with Gasteiger partial charge in [-0.05, 0) is 25.5 Å². The van der Waals surface area contributed by atoms with Crippen LogP contribution in [0.2, 0.25) is 0 Å². The molecule has 0 bridgehead atoms. The molecule has 0 spiro atoms. The number of aryl methyl sites for hydroxylation is 2. The van der Waals surface area contributed by atoms with Gasteiger partial charge in [0.05, 0.1) is 37.1 Å². The number of methoxy groups -OCH3 is 1. The van der Waals surface area contributed by atoms with E-state index in [0.717, 1.165) is 79.1 Å². The van der Waals surface area contributed by atoms with Gasteiger partial charge in [-0.2, -0.15) is 4.39 Å². The van der Waals surface area contributed by atoms with Crippen LogP contribution in [0.3, 0.4) is 0 Å². The highest BCUT2D eigenvalue weighted by molar-refractivity contribution is 6.09. The number of fused-ring (bicyclic) bond motifs is 3. The molecule has 0 aliphatic carbocycles. The molecule has 1 fully saturated rings. The molecule has 0 atom stereocenters. The quantitative estimate of drug-likeness (QED) is 0.657. The summed E-state index contributed by atoms with van der Waals surface area (Å²) in [5.74, 6) is 0.374. The first-order valence-corrected chi connectivity index (χ1v) is 9.10. The third kappa shape index (κ3) is 3.15. The van der Waals surface area contributed by atoms with Gasteiger partial charge in [0, 0.05) is 49.1 Å². The maximum Gasteiger partial charge on any atom is 0.213 e. The Morgan fingerprint density at radius 1 is 1.15 bits per heavy atom. The standard InChI is InChI=1S/C20H24FN3O2/c1-14-20-17(13-19(21)22-14)16-5-4-15(25-2)12-18(16)24(20)7-3-6-23-8-10-26-11-9-23/h4-5,12-13H,3,6-11H2,1-2H3. The van der Waals surface area contributed by atoms with Crippen LogP contribution in [0.25, 0.3) is 21.8 Å². The third-order valence-corrected chi connectivity index (χ3v) is 5.15. The molecule has 1 aromatic carbocycles. The Bertz CT molecular complexity index is 932. The van der Waals surface area contributed by atoms with Gasteiger partial charge in [-0.1, -0.05) is 0 Å². The maximum atomic E-state index is 13.9. The molecule has 0 radical (unpaired) electrons. The minimum Gasteiger partial charge on any atom is -0.497 e. The molecule has 1 saturated heterocycles. The molecule has 4 rings (SSSR count). The van der Waals surface area contributed by atoms with Crippen LogP contribution in [0.5, 0.6) is 5.75 Å². The number of morpholine rings is 1. The molecule has 0 unspecified atom stereocenters. The van der Waals surface area contributed by atoms with E-state index in [4.69, 9.17) is 9.47 Å². The van der Waals surface area contributed by atoms with Crippen LogP contribution in [-0.2, 0) is 11.3 Å². The zero-order chi connectivity index (χ0) is 18.1. The molecule has 1 aliphatic rings. The van der Waals surface area contributed by atoms with Crippen LogP contribution < -0.4 is 4.74 Å². The molecule has 5 nitrogen and oxygen atoms in total. The third-order valence-electron chi connectivity index (χ3n) is 5.15. The van der Waals surface area contributed by atoms with E-state index in [2.05, 4.69) is 14.5 Å². The molecule has 3 heterocycles. The van der Waals surface area contributed by atoms with Gasteiger partial charge >= 0.3 is 0 Å². The number of benzene rings is 1. The SMILES string of the molecule is COc1ccc2c3cc(F)nc(C)c3n(CCCN3CCOCC3)c2c1. The second-order valence-corrected chi connectivity index (χ2v) is 6.77. The van der Waals surface area contributed by atoms with E-state index in [1.807, 2.05) is 25.1 Å². The molecule has 0 N–H and O–H groups in total. The van der Waals surface area contributed by atoms with Crippen LogP contribution >= 0.6 is 0 Å². The fourth-order valence-corrected chi connectivity index (χ4v) is 3.89. The average molecular weight is 357 g/mol. The van der Waals surface area contributed by atoms with Crippen molar-refractivity contribution in [1.82, 2.24) is 14.5 Å². The lowest BCUT2D eigenvalue weighted by atomic mass is 10.1. The summed E-state index contributed by atoms with van der Waals surface area (Å²) in [6.07, 6.45) is 1.02. The summed E-state index contributed by atoms with van der Waals surface area (Å²) in [5, 5.41) is 1.95. The summed E-state index contributed by atoms with van der Waals surface area (Å²) >= 11 is 0. The van der Waals surface area contributed by atoms with Gasteiger partial charge in [0.1, 0.15) is 5.75 Å². The van der Waals surface area contributed by atoms with Gasteiger partial charge in [0.15, 0.2) is 0 Å². The Balaban J connectivity index is 1.72. The molecule has 26 heavy (non-hydrogen) atoms.